The SMILES string of the molecule is CC(C)=NOC1C[C@H](n2cc(C#CCCO)c(=O)[nH]c2=O)O[C@@H]1COP(=O)(O)OP(=O)(O)OP(=O)(O)O. The van der Waals surface area contributed by atoms with Gasteiger partial charge in [-0.2, -0.15) is 8.62 Å². The van der Waals surface area contributed by atoms with E-state index in [1.165, 1.54) is 0 Å². The fraction of sp³-hybridized carbons (Fsp3) is 0.562. The first-order valence-electron chi connectivity index (χ1n) is 10.1. The van der Waals surface area contributed by atoms with Crippen molar-refractivity contribution in [1.29, 1.82) is 0 Å². The molecule has 21 heteroatoms. The molecular formula is C16H24N3O15P3. The lowest BCUT2D eigenvalue weighted by molar-refractivity contribution is -0.0605. The Morgan fingerprint density at radius 3 is 2.46 bits per heavy atom. The number of nitrogens with zero attached hydrogens (tertiary/aromatic N) is 2. The number of ether oxygens (including phenoxy) is 1. The number of aromatic nitrogens is 2. The van der Waals surface area contributed by atoms with Gasteiger partial charge < -0.3 is 34.3 Å². The van der Waals surface area contributed by atoms with Crippen molar-refractivity contribution in [3.05, 3.63) is 32.6 Å². The summed E-state index contributed by atoms with van der Waals surface area (Å²) in [4.78, 5) is 67.9. The summed E-state index contributed by atoms with van der Waals surface area (Å²) in [6.45, 7) is 2.09. The third-order valence-corrected chi connectivity index (χ3v) is 7.91. The lowest BCUT2D eigenvalue weighted by Crippen LogP contribution is -2.33. The van der Waals surface area contributed by atoms with Crippen LogP contribution in [-0.2, 0) is 36.4 Å². The van der Waals surface area contributed by atoms with Crippen LogP contribution >= 0.6 is 23.5 Å². The monoisotopic (exact) mass is 591 g/mol. The summed E-state index contributed by atoms with van der Waals surface area (Å²) in [5, 5.41) is 12.6. The van der Waals surface area contributed by atoms with E-state index < -0.39 is 59.8 Å². The number of phosphoric acid groups is 3. The number of phosphoric ester groups is 1. The minimum atomic E-state index is -5.73. The van der Waals surface area contributed by atoms with E-state index in [1.807, 2.05) is 0 Å². The zero-order valence-electron chi connectivity index (χ0n) is 19.2. The van der Waals surface area contributed by atoms with E-state index in [2.05, 4.69) is 35.1 Å². The summed E-state index contributed by atoms with van der Waals surface area (Å²) < 4.78 is 52.8. The molecule has 1 aliphatic rings. The summed E-state index contributed by atoms with van der Waals surface area (Å²) >= 11 is 0. The van der Waals surface area contributed by atoms with Crippen molar-refractivity contribution >= 4 is 29.2 Å². The maximum absolute atomic E-state index is 12.4. The van der Waals surface area contributed by atoms with E-state index in [9.17, 15) is 33.1 Å². The van der Waals surface area contributed by atoms with Gasteiger partial charge in [0, 0.05) is 19.0 Å². The van der Waals surface area contributed by atoms with Gasteiger partial charge in [0.1, 0.15) is 17.9 Å². The molecular weight excluding hydrogens is 567 g/mol. The fourth-order valence-corrected chi connectivity index (χ4v) is 5.81. The van der Waals surface area contributed by atoms with Crippen molar-refractivity contribution in [2.75, 3.05) is 13.2 Å². The summed E-state index contributed by atoms with van der Waals surface area (Å²) in [6, 6.07) is 0. The third-order valence-electron chi connectivity index (χ3n) is 4.11. The first kappa shape index (κ1) is 31.3. The molecule has 3 unspecified atom stereocenters. The van der Waals surface area contributed by atoms with Gasteiger partial charge in [0.2, 0.25) is 0 Å². The molecule has 2 rings (SSSR count). The van der Waals surface area contributed by atoms with Gasteiger partial charge in [-0.1, -0.05) is 17.0 Å². The van der Waals surface area contributed by atoms with E-state index in [4.69, 9.17) is 24.5 Å². The van der Waals surface area contributed by atoms with Gasteiger partial charge in [-0.15, -0.1) is 0 Å². The van der Waals surface area contributed by atoms with Crippen LogP contribution in [0.25, 0.3) is 0 Å². The van der Waals surface area contributed by atoms with Crippen LogP contribution in [0.1, 0.15) is 38.5 Å². The standard InChI is InChI=1S/C16H24N3O15P3/c1-10(2)18-32-12-7-14(19-8-11(5-3-4-6-20)15(21)17-16(19)22)31-13(12)9-30-36(26,27)34-37(28,29)33-35(23,24)25/h8,12-14,20H,4,6-7,9H2,1-2H3,(H,26,27)(H,28,29)(H,17,21,22)(H2,23,24,25)/t12?,13-,14-/m1/s1. The summed E-state index contributed by atoms with van der Waals surface area (Å²) in [5.41, 5.74) is -1.32. The lowest BCUT2D eigenvalue weighted by Gasteiger charge is -2.20. The van der Waals surface area contributed by atoms with Gasteiger partial charge in [0.05, 0.1) is 18.9 Å². The number of aromatic amines is 1. The largest absolute Gasteiger partial charge is 0.490 e. The lowest BCUT2D eigenvalue weighted by atomic mass is 10.2. The van der Waals surface area contributed by atoms with Gasteiger partial charge in [-0.25, -0.2) is 18.5 Å². The molecule has 18 nitrogen and oxygen atoms in total. The molecule has 0 spiro atoms. The predicted molar refractivity (Wildman–Crippen MR) is 122 cm³/mol. The highest BCUT2D eigenvalue weighted by Crippen LogP contribution is 2.66. The number of hydrogen-bond acceptors (Lipinski definition) is 12. The van der Waals surface area contributed by atoms with Crippen LogP contribution in [0.2, 0.25) is 0 Å². The first-order valence-corrected chi connectivity index (χ1v) is 14.6. The highest BCUT2D eigenvalue weighted by Gasteiger charge is 2.44. The number of hydrogen-bond donors (Lipinski definition) is 6. The molecule has 5 atom stereocenters. The van der Waals surface area contributed by atoms with Crippen molar-refractivity contribution in [1.82, 2.24) is 9.55 Å². The molecule has 0 saturated carbocycles. The molecule has 1 fully saturated rings. The molecule has 208 valence electrons. The van der Waals surface area contributed by atoms with Crippen molar-refractivity contribution in [3.63, 3.8) is 0 Å². The van der Waals surface area contributed by atoms with E-state index in [0.29, 0.717) is 5.71 Å². The highest BCUT2D eigenvalue weighted by molar-refractivity contribution is 7.66. The molecule has 0 bridgehead atoms. The molecule has 0 aliphatic carbocycles. The van der Waals surface area contributed by atoms with Crippen LogP contribution in [0.3, 0.4) is 0 Å². The Bertz CT molecular complexity index is 1320. The van der Waals surface area contributed by atoms with Crippen LogP contribution in [0, 0.1) is 11.8 Å². The minimum absolute atomic E-state index is 0.0749. The second-order valence-corrected chi connectivity index (χ2v) is 11.8. The number of aliphatic hydroxyl groups excluding tert-OH is 1. The zero-order chi connectivity index (χ0) is 28.0. The number of aliphatic hydroxyl groups is 1. The molecule has 0 radical (unpaired) electrons. The second-order valence-electron chi connectivity index (χ2n) is 7.42. The summed E-state index contributed by atoms with van der Waals surface area (Å²) in [5.74, 6) is 5.03. The maximum atomic E-state index is 12.4. The van der Waals surface area contributed by atoms with Gasteiger partial charge in [0.15, 0.2) is 6.10 Å². The minimum Gasteiger partial charge on any atom is -0.395 e. The van der Waals surface area contributed by atoms with Crippen LogP contribution in [0.4, 0.5) is 0 Å². The van der Waals surface area contributed by atoms with E-state index in [-0.39, 0.29) is 25.0 Å². The molecule has 1 aromatic rings. The molecule has 37 heavy (non-hydrogen) atoms. The Kier molecular flexibility index (Phi) is 10.8. The molecule has 2 heterocycles. The Balaban J connectivity index is 2.25. The Labute approximate surface area is 208 Å². The van der Waals surface area contributed by atoms with Crippen LogP contribution < -0.4 is 11.2 Å². The Hall–Kier alpha value is -1.96. The van der Waals surface area contributed by atoms with Crippen molar-refractivity contribution in [2.24, 2.45) is 5.16 Å². The van der Waals surface area contributed by atoms with Crippen LogP contribution in [0.15, 0.2) is 20.9 Å². The highest BCUT2D eigenvalue weighted by atomic mass is 31.3. The predicted octanol–water partition coefficient (Wildman–Crippen LogP) is -0.318. The van der Waals surface area contributed by atoms with Crippen LogP contribution in [-0.4, -0.2) is 65.4 Å². The molecule has 6 N–H and O–H groups in total. The quantitative estimate of drug-likeness (QED) is 0.0833. The third kappa shape index (κ3) is 10.4. The number of rotatable bonds is 11. The topological polar surface area (TPSA) is 266 Å². The van der Waals surface area contributed by atoms with Gasteiger partial charge in [-0.3, -0.25) is 18.9 Å². The van der Waals surface area contributed by atoms with Crippen LogP contribution in [0.5, 0.6) is 0 Å². The Morgan fingerprint density at radius 1 is 1.19 bits per heavy atom. The number of nitrogens with one attached hydrogen (secondary N) is 1. The molecule has 1 aromatic heterocycles. The second kappa shape index (κ2) is 12.7. The number of oxime groups is 1. The first-order chi connectivity index (χ1) is 17.0. The fourth-order valence-electron chi connectivity index (χ4n) is 2.78. The molecule has 1 aliphatic heterocycles. The average molecular weight is 591 g/mol. The molecule has 0 amide bonds. The van der Waals surface area contributed by atoms with E-state index in [0.717, 1.165) is 10.8 Å². The van der Waals surface area contributed by atoms with Gasteiger partial charge in [0.25, 0.3) is 5.56 Å². The summed E-state index contributed by atoms with van der Waals surface area (Å²) in [7, 11) is -16.8. The normalized spacial score (nSPS) is 22.8. The van der Waals surface area contributed by atoms with E-state index in [1.54, 1.807) is 13.8 Å². The maximum Gasteiger partial charge on any atom is 0.490 e. The van der Waals surface area contributed by atoms with Gasteiger partial charge in [-0.05, 0) is 13.8 Å². The van der Waals surface area contributed by atoms with Crippen molar-refractivity contribution < 1.29 is 61.1 Å². The average Bonchev–Trinajstić information content (AvgIpc) is 3.12. The Morgan fingerprint density at radius 2 is 1.86 bits per heavy atom. The van der Waals surface area contributed by atoms with Crippen molar-refractivity contribution in [3.8, 4) is 11.8 Å². The molecule has 1 saturated heterocycles. The molecule has 0 aromatic carbocycles. The summed E-state index contributed by atoms with van der Waals surface area (Å²) in [6.07, 6.45) is -2.32. The number of H-pyrrole nitrogens is 1. The van der Waals surface area contributed by atoms with Crippen molar-refractivity contribution in [2.45, 2.75) is 45.1 Å². The zero-order valence-corrected chi connectivity index (χ0v) is 21.9. The smallest absolute Gasteiger partial charge is 0.395 e. The van der Waals surface area contributed by atoms with Gasteiger partial charge >= 0.3 is 29.2 Å². The van der Waals surface area contributed by atoms with E-state index >= 15 is 0 Å².